The van der Waals surface area contributed by atoms with E-state index < -0.39 is 0 Å². The van der Waals surface area contributed by atoms with Crippen molar-refractivity contribution in [2.45, 2.75) is 64.0 Å². The Bertz CT molecular complexity index is 243. The summed E-state index contributed by atoms with van der Waals surface area (Å²) in [5, 5.41) is 3.78. The van der Waals surface area contributed by atoms with Crippen molar-refractivity contribution in [1.29, 1.82) is 0 Å². The minimum absolute atomic E-state index is 0.753. The van der Waals surface area contributed by atoms with Crippen LogP contribution < -0.4 is 5.32 Å². The van der Waals surface area contributed by atoms with Crippen molar-refractivity contribution in [3.8, 4) is 0 Å². The molecule has 0 aromatic carbocycles. The molecule has 3 fully saturated rings. The third-order valence-electron chi connectivity index (χ3n) is 4.62. The fourth-order valence-electron chi connectivity index (χ4n) is 3.36. The van der Waals surface area contributed by atoms with Crippen LogP contribution in [0.1, 0.15) is 51.9 Å². The standard InChI is InChI=1S/C14H26N2/c1-2-6-14(7-8-14)11-16-9-5-13(10-16)15-12-3-4-12/h12-13,15H,2-11H2,1H3. The number of nitrogens with one attached hydrogen (secondary N) is 1. The average molecular weight is 222 g/mol. The lowest BCUT2D eigenvalue weighted by Gasteiger charge is -2.23. The van der Waals surface area contributed by atoms with Gasteiger partial charge in [0.2, 0.25) is 0 Å². The molecule has 1 N–H and O–H groups in total. The molecule has 16 heavy (non-hydrogen) atoms. The van der Waals surface area contributed by atoms with Gasteiger partial charge in [0.25, 0.3) is 0 Å². The summed E-state index contributed by atoms with van der Waals surface area (Å²) in [7, 11) is 0. The molecule has 1 unspecified atom stereocenters. The van der Waals surface area contributed by atoms with Crippen molar-refractivity contribution in [1.82, 2.24) is 10.2 Å². The number of rotatable bonds is 6. The van der Waals surface area contributed by atoms with E-state index in [2.05, 4.69) is 17.1 Å². The quantitative estimate of drug-likeness (QED) is 0.742. The summed E-state index contributed by atoms with van der Waals surface area (Å²) >= 11 is 0. The second kappa shape index (κ2) is 4.30. The predicted molar refractivity (Wildman–Crippen MR) is 67.6 cm³/mol. The zero-order valence-corrected chi connectivity index (χ0v) is 10.7. The van der Waals surface area contributed by atoms with Crippen LogP contribution in [0.4, 0.5) is 0 Å². The number of nitrogens with zero attached hydrogens (tertiary/aromatic N) is 1. The van der Waals surface area contributed by atoms with Gasteiger partial charge in [-0.25, -0.2) is 0 Å². The first kappa shape index (κ1) is 11.0. The van der Waals surface area contributed by atoms with E-state index in [-0.39, 0.29) is 0 Å². The highest BCUT2D eigenvalue weighted by Gasteiger charge is 2.43. The van der Waals surface area contributed by atoms with Crippen molar-refractivity contribution < 1.29 is 0 Å². The molecule has 2 saturated carbocycles. The van der Waals surface area contributed by atoms with E-state index in [4.69, 9.17) is 0 Å². The van der Waals surface area contributed by atoms with Crippen LogP contribution in [0.15, 0.2) is 0 Å². The molecule has 0 bridgehead atoms. The Morgan fingerprint density at radius 2 is 2.00 bits per heavy atom. The van der Waals surface area contributed by atoms with E-state index in [0.29, 0.717) is 0 Å². The molecule has 0 radical (unpaired) electrons. The maximum atomic E-state index is 3.78. The van der Waals surface area contributed by atoms with Gasteiger partial charge in [0.15, 0.2) is 0 Å². The molecule has 1 aliphatic heterocycles. The Morgan fingerprint density at radius 1 is 1.19 bits per heavy atom. The molecule has 3 rings (SSSR count). The SMILES string of the molecule is CCCC1(CN2CCC(NC3CC3)C2)CC1. The molecular weight excluding hydrogens is 196 g/mol. The van der Waals surface area contributed by atoms with Crippen molar-refractivity contribution in [2.75, 3.05) is 19.6 Å². The van der Waals surface area contributed by atoms with Crippen molar-refractivity contribution in [2.24, 2.45) is 5.41 Å². The van der Waals surface area contributed by atoms with Gasteiger partial charge in [0.1, 0.15) is 0 Å². The largest absolute Gasteiger partial charge is 0.310 e. The Hall–Kier alpha value is -0.0800. The van der Waals surface area contributed by atoms with E-state index in [9.17, 15) is 0 Å². The second-order valence-corrected chi connectivity index (χ2v) is 6.41. The molecule has 0 amide bonds. The van der Waals surface area contributed by atoms with E-state index >= 15 is 0 Å². The van der Waals surface area contributed by atoms with Crippen LogP contribution in [0.2, 0.25) is 0 Å². The second-order valence-electron chi connectivity index (χ2n) is 6.41. The molecule has 2 aliphatic carbocycles. The van der Waals surface area contributed by atoms with Gasteiger partial charge in [0, 0.05) is 25.2 Å². The van der Waals surface area contributed by atoms with Gasteiger partial charge in [-0.05, 0) is 50.5 Å². The van der Waals surface area contributed by atoms with Gasteiger partial charge in [-0.15, -0.1) is 0 Å². The normalized spacial score (nSPS) is 33.2. The summed E-state index contributed by atoms with van der Waals surface area (Å²) in [6.07, 6.45) is 10.1. The van der Waals surface area contributed by atoms with Crippen LogP contribution in [0, 0.1) is 5.41 Å². The van der Waals surface area contributed by atoms with E-state index in [1.165, 1.54) is 64.6 Å². The maximum absolute atomic E-state index is 3.78. The molecule has 0 spiro atoms. The molecular formula is C14H26N2. The van der Waals surface area contributed by atoms with Gasteiger partial charge in [-0.2, -0.15) is 0 Å². The Kier molecular flexibility index (Phi) is 2.97. The minimum atomic E-state index is 0.753. The van der Waals surface area contributed by atoms with Gasteiger partial charge in [-0.3, -0.25) is 0 Å². The first-order valence-electron chi connectivity index (χ1n) is 7.28. The zero-order valence-electron chi connectivity index (χ0n) is 10.7. The Balaban J connectivity index is 1.42. The average Bonchev–Trinajstić information content (AvgIpc) is 3.13. The fourth-order valence-corrected chi connectivity index (χ4v) is 3.36. The van der Waals surface area contributed by atoms with Gasteiger partial charge < -0.3 is 10.2 Å². The molecule has 0 aromatic heterocycles. The lowest BCUT2D eigenvalue weighted by atomic mass is 10.0. The Labute approximate surface area is 99.8 Å². The lowest BCUT2D eigenvalue weighted by molar-refractivity contribution is 0.247. The summed E-state index contributed by atoms with van der Waals surface area (Å²) < 4.78 is 0. The summed E-state index contributed by atoms with van der Waals surface area (Å²) in [5.41, 5.74) is 0.753. The molecule has 3 aliphatic rings. The summed E-state index contributed by atoms with van der Waals surface area (Å²) in [5.74, 6) is 0. The van der Waals surface area contributed by atoms with Crippen LogP contribution in [-0.2, 0) is 0 Å². The van der Waals surface area contributed by atoms with Gasteiger partial charge in [-0.1, -0.05) is 13.3 Å². The first-order valence-corrected chi connectivity index (χ1v) is 7.28. The minimum Gasteiger partial charge on any atom is -0.310 e. The van der Waals surface area contributed by atoms with E-state index in [0.717, 1.165) is 17.5 Å². The van der Waals surface area contributed by atoms with Crippen LogP contribution in [0.3, 0.4) is 0 Å². The summed E-state index contributed by atoms with van der Waals surface area (Å²) in [6.45, 7) is 6.39. The molecule has 0 aromatic rings. The maximum Gasteiger partial charge on any atom is 0.0209 e. The van der Waals surface area contributed by atoms with Crippen LogP contribution >= 0.6 is 0 Å². The first-order chi connectivity index (χ1) is 7.80. The third kappa shape index (κ3) is 2.60. The summed E-state index contributed by atoms with van der Waals surface area (Å²) in [4.78, 5) is 2.72. The van der Waals surface area contributed by atoms with E-state index in [1.807, 2.05) is 0 Å². The molecule has 2 nitrogen and oxygen atoms in total. The monoisotopic (exact) mass is 222 g/mol. The molecule has 1 atom stereocenters. The molecule has 2 heteroatoms. The van der Waals surface area contributed by atoms with Gasteiger partial charge >= 0.3 is 0 Å². The smallest absolute Gasteiger partial charge is 0.0209 e. The number of hydrogen-bond acceptors (Lipinski definition) is 2. The van der Waals surface area contributed by atoms with Crippen LogP contribution in [0.25, 0.3) is 0 Å². The number of hydrogen-bond donors (Lipinski definition) is 1. The predicted octanol–water partition coefficient (Wildman–Crippen LogP) is 2.39. The fraction of sp³-hybridized carbons (Fsp3) is 1.00. The van der Waals surface area contributed by atoms with Crippen molar-refractivity contribution >= 4 is 0 Å². The van der Waals surface area contributed by atoms with Gasteiger partial charge in [0.05, 0.1) is 0 Å². The number of likely N-dealkylation sites (tertiary alicyclic amines) is 1. The highest BCUT2D eigenvalue weighted by Crippen LogP contribution is 2.50. The van der Waals surface area contributed by atoms with Crippen molar-refractivity contribution in [3.63, 3.8) is 0 Å². The van der Waals surface area contributed by atoms with Crippen LogP contribution in [-0.4, -0.2) is 36.6 Å². The highest BCUT2D eigenvalue weighted by atomic mass is 15.2. The topological polar surface area (TPSA) is 15.3 Å². The van der Waals surface area contributed by atoms with Crippen molar-refractivity contribution in [3.05, 3.63) is 0 Å². The third-order valence-corrected chi connectivity index (χ3v) is 4.62. The summed E-state index contributed by atoms with van der Waals surface area (Å²) in [6, 6.07) is 1.69. The Morgan fingerprint density at radius 3 is 2.62 bits per heavy atom. The van der Waals surface area contributed by atoms with Crippen LogP contribution in [0.5, 0.6) is 0 Å². The zero-order chi connectivity index (χ0) is 11.0. The highest BCUT2D eigenvalue weighted by molar-refractivity contribution is 4.97. The molecule has 92 valence electrons. The molecule has 1 heterocycles. The molecule has 1 saturated heterocycles. The lowest BCUT2D eigenvalue weighted by Crippen LogP contribution is -2.35. The van der Waals surface area contributed by atoms with E-state index in [1.54, 1.807) is 0 Å².